The molecule has 0 spiro atoms. The molecule has 1 aliphatic heterocycles. The minimum atomic E-state index is -3.49. The van der Waals surface area contributed by atoms with E-state index >= 15 is 0 Å². The lowest BCUT2D eigenvalue weighted by Crippen LogP contribution is -2.38. The van der Waals surface area contributed by atoms with Crippen molar-refractivity contribution >= 4 is 7.82 Å². The summed E-state index contributed by atoms with van der Waals surface area (Å²) in [6, 6.07) is 0. The molecule has 136 valence electrons. The molecule has 0 aromatic carbocycles. The van der Waals surface area contributed by atoms with Crippen LogP contribution in [0.2, 0.25) is 0 Å². The van der Waals surface area contributed by atoms with E-state index in [4.69, 9.17) is 13.6 Å². The zero-order valence-corrected chi connectivity index (χ0v) is 16.0. The second-order valence-corrected chi connectivity index (χ2v) is 7.76. The standard InChI is InChI=1S/C16H33N2O4P/c1-5-6-7-8-9-10-11-12-13-18-15-14-17(2)16(18)22-23(19,20-3)21-4/h14-16H,5-13H2,1-4H3. The molecule has 0 aromatic heterocycles. The van der Waals surface area contributed by atoms with E-state index < -0.39 is 14.2 Å². The van der Waals surface area contributed by atoms with E-state index in [9.17, 15) is 4.57 Å². The zero-order chi connectivity index (χ0) is 17.1. The Balaban J connectivity index is 2.26. The largest absolute Gasteiger partial charge is 0.477 e. The van der Waals surface area contributed by atoms with E-state index in [-0.39, 0.29) is 0 Å². The zero-order valence-electron chi connectivity index (χ0n) is 15.1. The highest BCUT2D eigenvalue weighted by atomic mass is 31.2. The quantitative estimate of drug-likeness (QED) is 0.360. The van der Waals surface area contributed by atoms with E-state index in [1.807, 2.05) is 29.2 Å². The van der Waals surface area contributed by atoms with Crippen LogP contribution < -0.4 is 0 Å². The van der Waals surface area contributed by atoms with Crippen LogP contribution in [-0.2, 0) is 18.1 Å². The molecule has 0 fully saturated rings. The van der Waals surface area contributed by atoms with Gasteiger partial charge in [-0.1, -0.05) is 51.9 Å². The number of hydrogen-bond acceptors (Lipinski definition) is 6. The molecule has 0 N–H and O–H groups in total. The van der Waals surface area contributed by atoms with Crippen LogP contribution in [0.4, 0.5) is 0 Å². The number of rotatable bonds is 13. The van der Waals surface area contributed by atoms with Gasteiger partial charge in [-0.2, -0.15) is 0 Å². The fraction of sp³-hybridized carbons (Fsp3) is 0.875. The minimum absolute atomic E-state index is 0.440. The van der Waals surface area contributed by atoms with E-state index in [0.29, 0.717) is 0 Å². The smallest absolute Gasteiger partial charge is 0.337 e. The van der Waals surface area contributed by atoms with Gasteiger partial charge in [0, 0.05) is 40.2 Å². The third-order valence-corrected chi connectivity index (χ3v) is 5.41. The Morgan fingerprint density at radius 1 is 0.957 bits per heavy atom. The SMILES string of the molecule is CCCCCCCCCCN1C=CN(C)C1OP(=O)(OC)OC. The summed E-state index contributed by atoms with van der Waals surface area (Å²) in [7, 11) is 1.05. The molecular weight excluding hydrogens is 315 g/mol. The fourth-order valence-corrected chi connectivity index (χ4v) is 3.42. The first-order valence-corrected chi connectivity index (χ1v) is 10.1. The van der Waals surface area contributed by atoms with Crippen LogP contribution in [0.25, 0.3) is 0 Å². The first kappa shape index (κ1) is 20.5. The first-order chi connectivity index (χ1) is 11.1. The van der Waals surface area contributed by atoms with Crippen molar-refractivity contribution in [2.24, 2.45) is 0 Å². The van der Waals surface area contributed by atoms with Crippen LogP contribution in [0.15, 0.2) is 12.4 Å². The summed E-state index contributed by atoms with van der Waals surface area (Å²) >= 11 is 0. The van der Waals surface area contributed by atoms with Crippen LogP contribution in [0.1, 0.15) is 58.3 Å². The molecule has 0 saturated heterocycles. The van der Waals surface area contributed by atoms with Crippen LogP contribution >= 0.6 is 7.82 Å². The van der Waals surface area contributed by atoms with E-state index in [2.05, 4.69) is 6.92 Å². The molecule has 1 unspecified atom stereocenters. The molecule has 0 aliphatic carbocycles. The Labute approximate surface area is 141 Å². The summed E-state index contributed by atoms with van der Waals surface area (Å²) in [6.45, 7) is 3.11. The normalized spacial score (nSPS) is 18.2. The monoisotopic (exact) mass is 348 g/mol. The third kappa shape index (κ3) is 7.25. The number of unbranched alkanes of at least 4 members (excludes halogenated alkanes) is 7. The molecule has 1 rings (SSSR count). The van der Waals surface area contributed by atoms with Crippen LogP contribution in [0, 0.1) is 0 Å². The fourth-order valence-electron chi connectivity index (χ4n) is 2.60. The van der Waals surface area contributed by atoms with Crippen molar-refractivity contribution < 1.29 is 18.1 Å². The van der Waals surface area contributed by atoms with E-state index in [0.717, 1.165) is 13.0 Å². The third-order valence-electron chi connectivity index (χ3n) is 4.07. The molecule has 0 saturated carbocycles. The topological polar surface area (TPSA) is 51.2 Å². The lowest BCUT2D eigenvalue weighted by Gasteiger charge is -2.31. The van der Waals surface area contributed by atoms with Crippen LogP contribution in [0.3, 0.4) is 0 Å². The maximum absolute atomic E-state index is 12.2. The van der Waals surface area contributed by atoms with Gasteiger partial charge >= 0.3 is 7.82 Å². The van der Waals surface area contributed by atoms with Gasteiger partial charge < -0.3 is 9.80 Å². The van der Waals surface area contributed by atoms with E-state index in [1.165, 1.54) is 59.2 Å². The number of nitrogens with zero attached hydrogens (tertiary/aromatic N) is 2. The van der Waals surface area contributed by atoms with Crippen molar-refractivity contribution in [3.8, 4) is 0 Å². The lowest BCUT2D eigenvalue weighted by atomic mass is 10.1. The Morgan fingerprint density at radius 3 is 2.09 bits per heavy atom. The molecule has 0 radical (unpaired) electrons. The molecule has 7 heteroatoms. The highest BCUT2D eigenvalue weighted by Gasteiger charge is 2.34. The molecule has 6 nitrogen and oxygen atoms in total. The van der Waals surface area contributed by atoms with Gasteiger partial charge in [-0.15, -0.1) is 0 Å². The Morgan fingerprint density at radius 2 is 1.52 bits per heavy atom. The average molecular weight is 348 g/mol. The predicted octanol–water partition coefficient (Wildman–Crippen LogP) is 4.55. The number of phosphoric ester groups is 1. The summed E-state index contributed by atoms with van der Waals surface area (Å²) in [4.78, 5) is 3.89. The average Bonchev–Trinajstić information content (AvgIpc) is 2.90. The highest BCUT2D eigenvalue weighted by molar-refractivity contribution is 7.48. The number of hydrogen-bond donors (Lipinski definition) is 0. The van der Waals surface area contributed by atoms with Gasteiger partial charge in [0.2, 0.25) is 6.35 Å². The summed E-state index contributed by atoms with van der Waals surface area (Å²) in [5, 5.41) is 0. The summed E-state index contributed by atoms with van der Waals surface area (Å²) in [6.07, 6.45) is 13.7. The summed E-state index contributed by atoms with van der Waals surface area (Å²) in [5.41, 5.74) is 0. The van der Waals surface area contributed by atoms with Crippen molar-refractivity contribution in [2.75, 3.05) is 27.8 Å². The molecule has 1 aliphatic rings. The van der Waals surface area contributed by atoms with E-state index in [1.54, 1.807) is 0 Å². The Kier molecular flexibility index (Phi) is 9.88. The van der Waals surface area contributed by atoms with Gasteiger partial charge in [0.25, 0.3) is 0 Å². The maximum atomic E-state index is 12.2. The summed E-state index contributed by atoms with van der Waals surface area (Å²) < 4.78 is 27.4. The number of phosphoric acid groups is 1. The molecule has 0 amide bonds. The summed E-state index contributed by atoms with van der Waals surface area (Å²) in [5.74, 6) is 0. The highest BCUT2D eigenvalue weighted by Crippen LogP contribution is 2.49. The second-order valence-electron chi connectivity index (χ2n) is 5.92. The predicted molar refractivity (Wildman–Crippen MR) is 92.7 cm³/mol. The van der Waals surface area contributed by atoms with Crippen molar-refractivity contribution in [1.82, 2.24) is 9.80 Å². The molecule has 0 aromatic rings. The second kappa shape index (κ2) is 11.1. The molecule has 0 bridgehead atoms. The van der Waals surface area contributed by atoms with Gasteiger partial charge in [0.1, 0.15) is 0 Å². The van der Waals surface area contributed by atoms with Crippen molar-refractivity contribution in [3.63, 3.8) is 0 Å². The van der Waals surface area contributed by atoms with Gasteiger partial charge in [0.15, 0.2) is 0 Å². The van der Waals surface area contributed by atoms with Crippen LogP contribution in [-0.4, -0.2) is 44.0 Å². The van der Waals surface area contributed by atoms with Gasteiger partial charge in [0.05, 0.1) is 0 Å². The minimum Gasteiger partial charge on any atom is -0.337 e. The van der Waals surface area contributed by atoms with Crippen molar-refractivity contribution in [2.45, 2.75) is 64.6 Å². The first-order valence-electron chi connectivity index (χ1n) is 8.62. The molecule has 1 heterocycles. The lowest BCUT2D eigenvalue weighted by molar-refractivity contribution is -0.0399. The Hall–Kier alpha value is -0.550. The van der Waals surface area contributed by atoms with Crippen molar-refractivity contribution in [3.05, 3.63) is 12.4 Å². The Bertz CT molecular complexity index is 384. The maximum Gasteiger partial charge on any atom is 0.477 e. The van der Waals surface area contributed by atoms with Crippen molar-refractivity contribution in [1.29, 1.82) is 0 Å². The van der Waals surface area contributed by atoms with Crippen LogP contribution in [0.5, 0.6) is 0 Å². The van der Waals surface area contributed by atoms with Gasteiger partial charge in [-0.3, -0.25) is 9.05 Å². The molecular formula is C16H33N2O4P. The molecule has 23 heavy (non-hydrogen) atoms. The van der Waals surface area contributed by atoms with Gasteiger partial charge in [-0.05, 0) is 6.42 Å². The molecule has 1 atom stereocenters. The van der Waals surface area contributed by atoms with Gasteiger partial charge in [-0.25, -0.2) is 9.09 Å².